The van der Waals surface area contributed by atoms with Crippen LogP contribution in [0.15, 0.2) is 67.0 Å². The summed E-state index contributed by atoms with van der Waals surface area (Å²) in [4.78, 5) is 32.3. The van der Waals surface area contributed by atoms with Crippen molar-refractivity contribution >= 4 is 40.0 Å². The molecule has 35 heavy (non-hydrogen) atoms. The second-order valence-corrected chi connectivity index (χ2v) is 7.16. The van der Waals surface area contributed by atoms with Gasteiger partial charge in [0.05, 0.1) is 11.1 Å². The summed E-state index contributed by atoms with van der Waals surface area (Å²) in [5.41, 5.74) is -1.08. The van der Waals surface area contributed by atoms with E-state index in [1.165, 1.54) is 36.7 Å². The Kier molecular flexibility index (Phi) is 6.28. The fourth-order valence-electron chi connectivity index (χ4n) is 3.19. The number of carbonyl (C=O) groups is 2. The Labute approximate surface area is 194 Å². The summed E-state index contributed by atoms with van der Waals surface area (Å²) < 4.78 is 66.4. The average molecular weight is 487 g/mol. The zero-order valence-corrected chi connectivity index (χ0v) is 17.5. The van der Waals surface area contributed by atoms with E-state index in [2.05, 4.69) is 20.6 Å². The number of aromatic nitrogens is 2. The number of amides is 3. The number of hydrogen-bond acceptors (Lipinski definition) is 5. The minimum absolute atomic E-state index is 0.153. The summed E-state index contributed by atoms with van der Waals surface area (Å²) in [5, 5.41) is 7.41. The van der Waals surface area contributed by atoms with Gasteiger partial charge in [0, 0.05) is 16.8 Å². The van der Waals surface area contributed by atoms with Gasteiger partial charge in [-0.3, -0.25) is 10.1 Å². The first-order valence-corrected chi connectivity index (χ1v) is 9.87. The van der Waals surface area contributed by atoms with Crippen LogP contribution in [0.25, 0.3) is 10.9 Å². The first-order chi connectivity index (χ1) is 16.6. The number of anilines is 3. The van der Waals surface area contributed by atoms with Gasteiger partial charge in [-0.05, 0) is 48.5 Å². The van der Waals surface area contributed by atoms with Gasteiger partial charge in [0.1, 0.15) is 29.3 Å². The molecule has 3 aromatic carbocycles. The Morgan fingerprint density at radius 2 is 1.54 bits per heavy atom. The van der Waals surface area contributed by atoms with Gasteiger partial charge in [0.15, 0.2) is 0 Å². The van der Waals surface area contributed by atoms with Crippen LogP contribution in [0.1, 0.15) is 15.9 Å². The third-order valence-corrected chi connectivity index (χ3v) is 4.76. The van der Waals surface area contributed by atoms with Gasteiger partial charge in [-0.15, -0.1) is 0 Å². The number of urea groups is 1. The monoisotopic (exact) mass is 487 g/mol. The predicted molar refractivity (Wildman–Crippen MR) is 117 cm³/mol. The number of imide groups is 1. The van der Waals surface area contributed by atoms with Crippen LogP contribution in [0, 0.1) is 11.6 Å². The molecular formula is C23H14F5N5O2. The molecule has 0 spiro atoms. The van der Waals surface area contributed by atoms with Crippen molar-refractivity contribution in [2.24, 2.45) is 0 Å². The average Bonchev–Trinajstić information content (AvgIpc) is 2.78. The first-order valence-electron chi connectivity index (χ1n) is 9.87. The van der Waals surface area contributed by atoms with Crippen LogP contribution in [0.4, 0.5) is 43.9 Å². The molecule has 3 amide bonds. The summed E-state index contributed by atoms with van der Waals surface area (Å²) in [6.07, 6.45) is -3.33. The molecule has 12 heteroatoms. The molecule has 3 N–H and O–H groups in total. The van der Waals surface area contributed by atoms with Crippen molar-refractivity contribution in [3.05, 3.63) is 89.8 Å². The van der Waals surface area contributed by atoms with Crippen molar-refractivity contribution in [1.29, 1.82) is 0 Å². The van der Waals surface area contributed by atoms with Gasteiger partial charge in [-0.2, -0.15) is 13.2 Å². The smallest absolute Gasteiger partial charge is 0.340 e. The van der Waals surface area contributed by atoms with E-state index in [1.54, 1.807) is 0 Å². The molecule has 1 heterocycles. The lowest BCUT2D eigenvalue weighted by molar-refractivity contribution is -0.137. The third kappa shape index (κ3) is 5.32. The van der Waals surface area contributed by atoms with E-state index in [0.29, 0.717) is 10.9 Å². The minimum atomic E-state index is -4.51. The molecule has 0 aliphatic heterocycles. The highest BCUT2D eigenvalue weighted by Crippen LogP contribution is 2.32. The molecular weight excluding hydrogens is 473 g/mol. The summed E-state index contributed by atoms with van der Waals surface area (Å²) in [7, 11) is 0. The first kappa shape index (κ1) is 23.5. The molecule has 178 valence electrons. The zero-order chi connectivity index (χ0) is 25.2. The van der Waals surface area contributed by atoms with Gasteiger partial charge < -0.3 is 10.6 Å². The van der Waals surface area contributed by atoms with E-state index in [4.69, 9.17) is 0 Å². The number of hydrogen-bond donors (Lipinski definition) is 3. The van der Waals surface area contributed by atoms with E-state index in [-0.39, 0.29) is 17.2 Å². The zero-order valence-electron chi connectivity index (χ0n) is 17.5. The van der Waals surface area contributed by atoms with Crippen molar-refractivity contribution in [1.82, 2.24) is 15.3 Å². The lowest BCUT2D eigenvalue weighted by atomic mass is 10.1. The van der Waals surface area contributed by atoms with Crippen LogP contribution in [0.3, 0.4) is 0 Å². The van der Waals surface area contributed by atoms with Crippen LogP contribution in [0.5, 0.6) is 0 Å². The molecule has 0 saturated heterocycles. The Bertz CT molecular complexity index is 1420. The van der Waals surface area contributed by atoms with Crippen LogP contribution >= 0.6 is 0 Å². The van der Waals surface area contributed by atoms with E-state index in [1.807, 2.05) is 5.32 Å². The Balaban J connectivity index is 1.51. The van der Waals surface area contributed by atoms with Gasteiger partial charge in [0.2, 0.25) is 0 Å². The number of carbonyl (C=O) groups excluding carboxylic acids is 2. The van der Waals surface area contributed by atoms with Crippen LogP contribution in [0.2, 0.25) is 0 Å². The fraction of sp³-hybridized carbons (Fsp3) is 0.0435. The van der Waals surface area contributed by atoms with Gasteiger partial charge in [0.25, 0.3) is 5.91 Å². The Hall–Kier alpha value is -4.61. The standard InChI is InChI=1S/C23H14F5N5O2/c24-16-5-2-6-17(25)19(16)21(34)33-22(35)32-14-7-8-15-18(10-14)29-11-30-20(15)31-13-4-1-3-12(9-13)23(26,27)28/h1-11H,(H,29,30,31)(H2,32,33,34,35). The van der Waals surface area contributed by atoms with Gasteiger partial charge in [-0.1, -0.05) is 12.1 Å². The van der Waals surface area contributed by atoms with Gasteiger partial charge >= 0.3 is 12.2 Å². The Morgan fingerprint density at radius 1 is 0.829 bits per heavy atom. The third-order valence-electron chi connectivity index (χ3n) is 4.76. The maximum Gasteiger partial charge on any atom is 0.416 e. The normalized spacial score (nSPS) is 11.2. The van der Waals surface area contributed by atoms with E-state index >= 15 is 0 Å². The lowest BCUT2D eigenvalue weighted by Gasteiger charge is -2.12. The van der Waals surface area contributed by atoms with Crippen molar-refractivity contribution in [2.75, 3.05) is 10.6 Å². The van der Waals surface area contributed by atoms with Crippen LogP contribution in [-0.2, 0) is 6.18 Å². The van der Waals surface area contributed by atoms with Crippen molar-refractivity contribution in [2.45, 2.75) is 6.18 Å². The van der Waals surface area contributed by atoms with E-state index < -0.39 is 40.9 Å². The van der Waals surface area contributed by atoms with Crippen molar-refractivity contribution < 1.29 is 31.5 Å². The highest BCUT2D eigenvalue weighted by Gasteiger charge is 2.30. The summed E-state index contributed by atoms with van der Waals surface area (Å²) >= 11 is 0. The summed E-state index contributed by atoms with van der Waals surface area (Å²) in [6.45, 7) is 0. The number of halogens is 5. The van der Waals surface area contributed by atoms with Crippen LogP contribution in [-0.4, -0.2) is 21.9 Å². The minimum Gasteiger partial charge on any atom is -0.340 e. The SMILES string of the molecule is O=C(NC(=O)c1c(F)cccc1F)Nc1ccc2c(Nc3cccc(C(F)(F)F)c3)ncnc2c1. The fourth-order valence-corrected chi connectivity index (χ4v) is 3.19. The lowest BCUT2D eigenvalue weighted by Crippen LogP contribution is -2.35. The molecule has 0 radical (unpaired) electrons. The molecule has 4 aromatic rings. The van der Waals surface area contributed by atoms with Gasteiger partial charge in [-0.25, -0.2) is 23.5 Å². The molecule has 7 nitrogen and oxygen atoms in total. The second kappa shape index (κ2) is 9.33. The molecule has 4 rings (SSSR count). The quantitative estimate of drug-likeness (QED) is 0.324. The summed E-state index contributed by atoms with van der Waals surface area (Å²) in [5.74, 6) is -3.30. The largest absolute Gasteiger partial charge is 0.416 e. The molecule has 0 aliphatic rings. The number of rotatable bonds is 4. The number of nitrogens with one attached hydrogen (secondary N) is 3. The van der Waals surface area contributed by atoms with E-state index in [0.717, 1.165) is 30.3 Å². The maximum atomic E-state index is 13.7. The molecule has 0 fully saturated rings. The Morgan fingerprint density at radius 3 is 2.26 bits per heavy atom. The van der Waals surface area contributed by atoms with Crippen molar-refractivity contribution in [3.63, 3.8) is 0 Å². The molecule has 0 aliphatic carbocycles. The number of benzene rings is 3. The van der Waals surface area contributed by atoms with Crippen LogP contribution < -0.4 is 16.0 Å². The number of nitrogens with zero attached hydrogens (tertiary/aromatic N) is 2. The second-order valence-electron chi connectivity index (χ2n) is 7.16. The van der Waals surface area contributed by atoms with Crippen molar-refractivity contribution in [3.8, 4) is 0 Å². The molecule has 1 aromatic heterocycles. The summed E-state index contributed by atoms with van der Waals surface area (Å²) in [6, 6.07) is 10.7. The highest BCUT2D eigenvalue weighted by atomic mass is 19.4. The molecule has 0 unspecified atom stereocenters. The van der Waals surface area contributed by atoms with E-state index in [9.17, 15) is 31.5 Å². The number of fused-ring (bicyclic) bond motifs is 1. The predicted octanol–water partition coefficient (Wildman–Crippen LogP) is 5.63. The molecule has 0 saturated carbocycles. The number of alkyl halides is 3. The molecule has 0 atom stereocenters. The maximum absolute atomic E-state index is 13.7. The molecule has 0 bridgehead atoms. The highest BCUT2D eigenvalue weighted by molar-refractivity contribution is 6.08. The topological polar surface area (TPSA) is 96.0 Å².